The molecule has 0 aromatic carbocycles. The molecule has 2 nitrogen and oxygen atoms in total. The minimum Gasteiger partial charge on any atom is -0.229 e. The Labute approximate surface area is 82.6 Å². The van der Waals surface area contributed by atoms with Crippen LogP contribution in [0.2, 0.25) is 0 Å². The van der Waals surface area contributed by atoms with Crippen LogP contribution in [0.25, 0.3) is 0 Å². The second kappa shape index (κ2) is 5.63. The van der Waals surface area contributed by atoms with Gasteiger partial charge < -0.3 is 0 Å². The van der Waals surface area contributed by atoms with Gasteiger partial charge in [-0.15, -0.1) is 0 Å². The summed E-state index contributed by atoms with van der Waals surface area (Å²) in [5.74, 6) is 0.649. The van der Waals surface area contributed by atoms with Crippen molar-refractivity contribution < 1.29 is 8.42 Å². The van der Waals surface area contributed by atoms with Crippen LogP contribution >= 0.6 is 0 Å². The summed E-state index contributed by atoms with van der Waals surface area (Å²) in [5, 5.41) is -0.124. The zero-order valence-electron chi connectivity index (χ0n) is 9.21. The Morgan fingerprint density at radius 2 is 1.62 bits per heavy atom. The summed E-state index contributed by atoms with van der Waals surface area (Å²) in [6.07, 6.45) is 5.08. The van der Waals surface area contributed by atoms with E-state index in [1.54, 1.807) is 0 Å². The van der Waals surface area contributed by atoms with E-state index in [0.29, 0.717) is 5.92 Å². The van der Waals surface area contributed by atoms with Crippen LogP contribution in [0, 0.1) is 5.92 Å². The Hall–Kier alpha value is -0.0500. The van der Waals surface area contributed by atoms with Crippen LogP contribution in [-0.4, -0.2) is 19.9 Å². The Balaban J connectivity index is 4.01. The summed E-state index contributed by atoms with van der Waals surface area (Å²) in [6.45, 7) is 6.27. The number of hydrogen-bond donors (Lipinski definition) is 0. The van der Waals surface area contributed by atoms with E-state index in [1.165, 1.54) is 6.26 Å². The highest BCUT2D eigenvalue weighted by molar-refractivity contribution is 7.91. The summed E-state index contributed by atoms with van der Waals surface area (Å²) >= 11 is 0. The van der Waals surface area contributed by atoms with Crippen LogP contribution in [0.5, 0.6) is 0 Å². The van der Waals surface area contributed by atoms with Gasteiger partial charge in [-0.25, -0.2) is 8.42 Å². The molecule has 0 amide bonds. The van der Waals surface area contributed by atoms with Crippen molar-refractivity contribution in [1.82, 2.24) is 0 Å². The molecular weight excluding hydrogens is 184 g/mol. The highest BCUT2D eigenvalue weighted by Crippen LogP contribution is 2.17. The quantitative estimate of drug-likeness (QED) is 0.669. The third kappa shape index (κ3) is 5.29. The zero-order valence-corrected chi connectivity index (χ0v) is 10.0. The van der Waals surface area contributed by atoms with Crippen LogP contribution in [-0.2, 0) is 9.84 Å². The first-order chi connectivity index (χ1) is 5.91. The molecule has 0 bridgehead atoms. The molecule has 13 heavy (non-hydrogen) atoms. The summed E-state index contributed by atoms with van der Waals surface area (Å²) in [5.41, 5.74) is 0. The topological polar surface area (TPSA) is 34.1 Å². The maximum atomic E-state index is 11.3. The van der Waals surface area contributed by atoms with Gasteiger partial charge in [0.2, 0.25) is 0 Å². The number of sulfone groups is 1. The minimum absolute atomic E-state index is 0.124. The van der Waals surface area contributed by atoms with Crippen molar-refractivity contribution in [2.24, 2.45) is 5.92 Å². The van der Waals surface area contributed by atoms with Crippen molar-refractivity contribution in [3.63, 3.8) is 0 Å². The predicted octanol–water partition coefficient (Wildman–Crippen LogP) is 2.64. The van der Waals surface area contributed by atoms with E-state index in [2.05, 4.69) is 13.8 Å². The van der Waals surface area contributed by atoms with Crippen LogP contribution in [0.4, 0.5) is 0 Å². The van der Waals surface area contributed by atoms with E-state index in [-0.39, 0.29) is 5.25 Å². The zero-order chi connectivity index (χ0) is 10.5. The fourth-order valence-electron chi connectivity index (χ4n) is 1.40. The molecule has 0 saturated heterocycles. The van der Waals surface area contributed by atoms with Crippen LogP contribution in [0.3, 0.4) is 0 Å². The van der Waals surface area contributed by atoms with Gasteiger partial charge in [-0.3, -0.25) is 0 Å². The molecule has 2 atom stereocenters. The monoisotopic (exact) mass is 206 g/mol. The second-order valence-electron chi connectivity index (χ2n) is 3.95. The van der Waals surface area contributed by atoms with Gasteiger partial charge in [0.15, 0.2) is 0 Å². The molecule has 0 aliphatic rings. The van der Waals surface area contributed by atoms with Crippen LogP contribution < -0.4 is 0 Å². The van der Waals surface area contributed by atoms with Gasteiger partial charge in [-0.05, 0) is 25.2 Å². The summed E-state index contributed by atoms with van der Waals surface area (Å²) in [4.78, 5) is 0. The SMILES string of the molecule is CCC(C)CCC(CC)S(C)(=O)=O. The molecule has 2 unspecified atom stereocenters. The van der Waals surface area contributed by atoms with Crippen molar-refractivity contribution in [2.45, 2.75) is 51.7 Å². The van der Waals surface area contributed by atoms with Gasteiger partial charge in [0.1, 0.15) is 9.84 Å². The normalized spacial score (nSPS) is 16.9. The molecule has 0 fully saturated rings. The van der Waals surface area contributed by atoms with Gasteiger partial charge in [0.05, 0.1) is 5.25 Å². The molecule has 0 aliphatic heterocycles. The van der Waals surface area contributed by atoms with Crippen molar-refractivity contribution in [3.8, 4) is 0 Å². The summed E-state index contributed by atoms with van der Waals surface area (Å²) in [7, 11) is -2.82. The van der Waals surface area contributed by atoms with Gasteiger partial charge >= 0.3 is 0 Å². The first kappa shape index (κ1) is 12.9. The smallest absolute Gasteiger partial charge is 0.150 e. The molecule has 0 saturated carbocycles. The molecule has 0 N–H and O–H groups in total. The molecule has 0 heterocycles. The lowest BCUT2D eigenvalue weighted by Crippen LogP contribution is -2.19. The lowest BCUT2D eigenvalue weighted by atomic mass is 10.0. The first-order valence-electron chi connectivity index (χ1n) is 5.10. The van der Waals surface area contributed by atoms with E-state index in [0.717, 1.165) is 25.7 Å². The van der Waals surface area contributed by atoms with Crippen LogP contribution in [0.1, 0.15) is 46.5 Å². The fourth-order valence-corrected chi connectivity index (χ4v) is 2.57. The van der Waals surface area contributed by atoms with Gasteiger partial charge in [0.25, 0.3) is 0 Å². The highest BCUT2D eigenvalue weighted by atomic mass is 32.2. The Kier molecular flexibility index (Phi) is 5.61. The number of hydrogen-bond acceptors (Lipinski definition) is 2. The van der Waals surface area contributed by atoms with Gasteiger partial charge in [-0.1, -0.05) is 27.2 Å². The molecule has 0 aliphatic carbocycles. The Morgan fingerprint density at radius 3 is 1.92 bits per heavy atom. The third-order valence-electron chi connectivity index (χ3n) is 2.74. The van der Waals surface area contributed by atoms with E-state index in [4.69, 9.17) is 0 Å². The van der Waals surface area contributed by atoms with Crippen molar-refractivity contribution >= 4 is 9.84 Å². The molecule has 0 radical (unpaired) electrons. The Morgan fingerprint density at radius 1 is 1.08 bits per heavy atom. The summed E-state index contributed by atoms with van der Waals surface area (Å²) < 4.78 is 22.5. The van der Waals surface area contributed by atoms with E-state index < -0.39 is 9.84 Å². The minimum atomic E-state index is -2.82. The third-order valence-corrected chi connectivity index (χ3v) is 4.52. The number of rotatable bonds is 6. The molecule has 0 aromatic heterocycles. The molecular formula is C10H22O2S. The van der Waals surface area contributed by atoms with E-state index in [9.17, 15) is 8.42 Å². The van der Waals surface area contributed by atoms with E-state index in [1.807, 2.05) is 6.92 Å². The van der Waals surface area contributed by atoms with Gasteiger partial charge in [-0.2, -0.15) is 0 Å². The Bertz CT molecular complexity index is 219. The van der Waals surface area contributed by atoms with Crippen LogP contribution in [0.15, 0.2) is 0 Å². The molecule has 0 aromatic rings. The van der Waals surface area contributed by atoms with Crippen molar-refractivity contribution in [1.29, 1.82) is 0 Å². The van der Waals surface area contributed by atoms with Crippen molar-refractivity contribution in [3.05, 3.63) is 0 Å². The average Bonchev–Trinajstić information content (AvgIpc) is 2.02. The maximum Gasteiger partial charge on any atom is 0.150 e. The predicted molar refractivity (Wildman–Crippen MR) is 57.6 cm³/mol. The summed E-state index contributed by atoms with van der Waals surface area (Å²) in [6, 6.07) is 0. The second-order valence-corrected chi connectivity index (χ2v) is 6.28. The lowest BCUT2D eigenvalue weighted by molar-refractivity contribution is 0.476. The highest BCUT2D eigenvalue weighted by Gasteiger charge is 2.18. The first-order valence-corrected chi connectivity index (χ1v) is 7.06. The van der Waals surface area contributed by atoms with Gasteiger partial charge in [0, 0.05) is 6.26 Å². The lowest BCUT2D eigenvalue weighted by Gasteiger charge is -2.15. The molecule has 0 rings (SSSR count). The maximum absolute atomic E-state index is 11.3. The molecule has 80 valence electrons. The standard InChI is InChI=1S/C10H22O2S/c1-5-9(3)7-8-10(6-2)13(4,11)12/h9-10H,5-8H2,1-4H3. The molecule has 3 heteroatoms. The van der Waals surface area contributed by atoms with Crippen molar-refractivity contribution in [2.75, 3.05) is 6.26 Å². The fraction of sp³-hybridized carbons (Fsp3) is 1.00. The average molecular weight is 206 g/mol. The van der Waals surface area contributed by atoms with E-state index >= 15 is 0 Å². The largest absolute Gasteiger partial charge is 0.229 e. The molecule has 0 spiro atoms.